The predicted molar refractivity (Wildman–Crippen MR) is 99.6 cm³/mol. The Kier molecular flexibility index (Phi) is 6.66. The second-order valence-corrected chi connectivity index (χ2v) is 6.41. The molecular formula is C20H21F3N2O3. The number of nitrogens with one attached hydrogen (secondary N) is 2. The Labute approximate surface area is 160 Å². The lowest BCUT2D eigenvalue weighted by Gasteiger charge is -2.15. The van der Waals surface area contributed by atoms with E-state index in [1.54, 1.807) is 11.4 Å². The van der Waals surface area contributed by atoms with Gasteiger partial charge in [-0.25, -0.2) is 0 Å². The highest BCUT2D eigenvalue weighted by atomic mass is 19.4. The number of para-hydroxylation sites is 1. The normalized spacial score (nSPS) is 11.1. The van der Waals surface area contributed by atoms with Crippen LogP contribution in [-0.4, -0.2) is 31.1 Å². The molecule has 8 heteroatoms. The summed E-state index contributed by atoms with van der Waals surface area (Å²) in [4.78, 5) is 24.2. The molecule has 0 aliphatic heterocycles. The van der Waals surface area contributed by atoms with Crippen molar-refractivity contribution in [3.05, 3.63) is 58.7 Å². The Hall–Kier alpha value is -3.03. The minimum absolute atomic E-state index is 0.0669. The molecule has 2 aromatic rings. The Morgan fingerprint density at radius 1 is 1.04 bits per heavy atom. The van der Waals surface area contributed by atoms with E-state index in [0.29, 0.717) is 5.75 Å². The van der Waals surface area contributed by atoms with E-state index in [4.69, 9.17) is 4.74 Å². The molecule has 28 heavy (non-hydrogen) atoms. The van der Waals surface area contributed by atoms with Crippen LogP contribution in [0.3, 0.4) is 0 Å². The van der Waals surface area contributed by atoms with Crippen molar-refractivity contribution in [2.24, 2.45) is 0 Å². The molecule has 0 fully saturated rings. The summed E-state index contributed by atoms with van der Waals surface area (Å²) < 4.78 is 42.5. The lowest BCUT2D eigenvalue weighted by molar-refractivity contribution is -0.123. The van der Waals surface area contributed by atoms with E-state index in [0.717, 1.165) is 16.7 Å². The van der Waals surface area contributed by atoms with E-state index in [-0.39, 0.29) is 17.9 Å². The first-order valence-corrected chi connectivity index (χ1v) is 8.51. The van der Waals surface area contributed by atoms with Gasteiger partial charge in [-0.05, 0) is 44.0 Å². The molecule has 0 unspecified atom stereocenters. The number of carbonyl (C=O) groups excluding carboxylic acids is 2. The van der Waals surface area contributed by atoms with E-state index in [2.05, 4.69) is 5.32 Å². The minimum atomic E-state index is -4.52. The molecular weight excluding hydrogens is 373 g/mol. The smallest absolute Gasteiger partial charge is 0.405 e. The van der Waals surface area contributed by atoms with Gasteiger partial charge in [0, 0.05) is 0 Å². The van der Waals surface area contributed by atoms with E-state index in [1.165, 1.54) is 18.2 Å². The van der Waals surface area contributed by atoms with Crippen LogP contribution in [0.4, 0.5) is 18.9 Å². The van der Waals surface area contributed by atoms with Crippen LogP contribution >= 0.6 is 0 Å². The maximum atomic E-state index is 12.3. The second-order valence-electron chi connectivity index (χ2n) is 6.41. The molecule has 2 N–H and O–H groups in total. The molecule has 0 aliphatic rings. The highest BCUT2D eigenvalue weighted by molar-refractivity contribution is 6.04. The zero-order valence-corrected chi connectivity index (χ0v) is 15.7. The van der Waals surface area contributed by atoms with Gasteiger partial charge in [-0.3, -0.25) is 9.59 Å². The van der Waals surface area contributed by atoms with Gasteiger partial charge < -0.3 is 15.4 Å². The van der Waals surface area contributed by atoms with Crippen molar-refractivity contribution < 1.29 is 27.5 Å². The van der Waals surface area contributed by atoms with Crippen molar-refractivity contribution in [1.29, 1.82) is 0 Å². The molecule has 150 valence electrons. The van der Waals surface area contributed by atoms with Crippen LogP contribution in [0.5, 0.6) is 5.75 Å². The zero-order chi connectivity index (χ0) is 20.9. The summed E-state index contributed by atoms with van der Waals surface area (Å²) in [5, 5.41) is 4.29. The number of hydrogen-bond acceptors (Lipinski definition) is 3. The van der Waals surface area contributed by atoms with Gasteiger partial charge in [-0.1, -0.05) is 29.8 Å². The van der Waals surface area contributed by atoms with Gasteiger partial charge >= 0.3 is 6.18 Å². The van der Waals surface area contributed by atoms with E-state index in [9.17, 15) is 22.8 Å². The van der Waals surface area contributed by atoms with Crippen LogP contribution < -0.4 is 15.4 Å². The number of amides is 2. The van der Waals surface area contributed by atoms with Crippen molar-refractivity contribution in [2.75, 3.05) is 18.5 Å². The lowest BCUT2D eigenvalue weighted by Crippen LogP contribution is -2.34. The predicted octanol–water partition coefficient (Wildman–Crippen LogP) is 3.92. The fourth-order valence-electron chi connectivity index (χ4n) is 2.78. The molecule has 5 nitrogen and oxygen atoms in total. The molecule has 2 amide bonds. The molecule has 0 radical (unpaired) electrons. The number of ether oxygens (including phenoxy) is 1. The van der Waals surface area contributed by atoms with Crippen LogP contribution in [0.15, 0.2) is 36.4 Å². The number of anilines is 1. The first-order valence-electron chi connectivity index (χ1n) is 8.51. The number of halogens is 3. The van der Waals surface area contributed by atoms with Crippen molar-refractivity contribution in [2.45, 2.75) is 26.9 Å². The fraction of sp³-hybridized carbons (Fsp3) is 0.300. The molecule has 0 bridgehead atoms. The van der Waals surface area contributed by atoms with Crippen molar-refractivity contribution in [3.63, 3.8) is 0 Å². The summed E-state index contributed by atoms with van der Waals surface area (Å²) in [7, 11) is 0. The maximum absolute atomic E-state index is 12.3. The topological polar surface area (TPSA) is 67.4 Å². The van der Waals surface area contributed by atoms with E-state index < -0.39 is 24.5 Å². The number of aryl methyl sites for hydroxylation is 3. The lowest BCUT2D eigenvalue weighted by atomic mass is 10.1. The van der Waals surface area contributed by atoms with Crippen LogP contribution in [-0.2, 0) is 4.79 Å². The summed E-state index contributed by atoms with van der Waals surface area (Å²) in [6.45, 7) is 3.94. The maximum Gasteiger partial charge on any atom is 0.405 e. The molecule has 0 aliphatic carbocycles. The third kappa shape index (κ3) is 6.00. The molecule has 2 aromatic carbocycles. The largest absolute Gasteiger partial charge is 0.483 e. The molecule has 0 aromatic heterocycles. The Morgan fingerprint density at radius 2 is 1.64 bits per heavy atom. The van der Waals surface area contributed by atoms with Gasteiger partial charge in [-0.15, -0.1) is 0 Å². The number of carbonyl (C=O) groups is 2. The highest BCUT2D eigenvalue weighted by Gasteiger charge is 2.28. The Bertz CT molecular complexity index is 856. The number of rotatable bonds is 6. The van der Waals surface area contributed by atoms with E-state index in [1.807, 2.05) is 32.9 Å². The van der Waals surface area contributed by atoms with Gasteiger partial charge in [0.05, 0.1) is 11.3 Å². The molecule has 2 rings (SSSR count). The van der Waals surface area contributed by atoms with Gasteiger partial charge in [0.1, 0.15) is 12.3 Å². The summed E-state index contributed by atoms with van der Waals surface area (Å²) in [6, 6.07) is 9.68. The number of alkyl halides is 3. The van der Waals surface area contributed by atoms with Crippen LogP contribution in [0.1, 0.15) is 27.0 Å². The van der Waals surface area contributed by atoms with Crippen LogP contribution in [0, 0.1) is 20.8 Å². The number of benzene rings is 2. The van der Waals surface area contributed by atoms with Gasteiger partial charge in [0.2, 0.25) is 0 Å². The minimum Gasteiger partial charge on any atom is -0.483 e. The molecule has 0 atom stereocenters. The van der Waals surface area contributed by atoms with Gasteiger partial charge in [0.25, 0.3) is 11.8 Å². The average Bonchev–Trinajstić information content (AvgIpc) is 2.58. The Balaban J connectivity index is 2.04. The van der Waals surface area contributed by atoms with Gasteiger partial charge in [0.15, 0.2) is 6.61 Å². The standard InChI is InChI=1S/C20H21F3N2O3/c1-12-8-13(2)18(14(3)9-12)28-10-17(26)25-16-7-5-4-6-15(16)19(27)24-11-20(21,22)23/h4-9H,10-11H2,1-3H3,(H,24,27)(H,25,26). The highest BCUT2D eigenvalue weighted by Crippen LogP contribution is 2.24. The second kappa shape index (κ2) is 8.77. The quantitative estimate of drug-likeness (QED) is 0.780. The average molecular weight is 394 g/mol. The summed E-state index contributed by atoms with van der Waals surface area (Å²) in [5.41, 5.74) is 2.89. The fourth-order valence-corrected chi connectivity index (χ4v) is 2.78. The molecule has 0 heterocycles. The molecule has 0 saturated carbocycles. The van der Waals surface area contributed by atoms with Crippen molar-refractivity contribution in [1.82, 2.24) is 5.32 Å². The summed E-state index contributed by atoms with van der Waals surface area (Å²) in [6.07, 6.45) is -4.52. The van der Waals surface area contributed by atoms with Crippen molar-refractivity contribution >= 4 is 17.5 Å². The van der Waals surface area contributed by atoms with Gasteiger partial charge in [-0.2, -0.15) is 13.2 Å². The summed E-state index contributed by atoms with van der Waals surface area (Å²) >= 11 is 0. The Morgan fingerprint density at radius 3 is 2.25 bits per heavy atom. The molecule has 0 saturated heterocycles. The number of hydrogen-bond donors (Lipinski definition) is 2. The monoisotopic (exact) mass is 394 g/mol. The van der Waals surface area contributed by atoms with Crippen LogP contribution in [0.25, 0.3) is 0 Å². The molecule has 0 spiro atoms. The van der Waals surface area contributed by atoms with Crippen molar-refractivity contribution in [3.8, 4) is 5.75 Å². The van der Waals surface area contributed by atoms with Crippen LogP contribution in [0.2, 0.25) is 0 Å². The third-order valence-corrected chi connectivity index (χ3v) is 3.85. The third-order valence-electron chi connectivity index (χ3n) is 3.85. The first kappa shape index (κ1) is 21.3. The first-order chi connectivity index (χ1) is 13.1. The van der Waals surface area contributed by atoms with E-state index >= 15 is 0 Å². The summed E-state index contributed by atoms with van der Waals surface area (Å²) in [5.74, 6) is -0.869. The zero-order valence-electron chi connectivity index (χ0n) is 15.7. The SMILES string of the molecule is Cc1cc(C)c(OCC(=O)Nc2ccccc2C(=O)NCC(F)(F)F)c(C)c1.